The lowest BCUT2D eigenvalue weighted by molar-refractivity contribution is 0.600. The molecule has 1 aliphatic rings. The number of para-hydroxylation sites is 2. The molecule has 1 aliphatic heterocycles. The lowest BCUT2D eigenvalue weighted by Gasteiger charge is -2.19. The summed E-state index contributed by atoms with van der Waals surface area (Å²) in [7, 11) is 0. The predicted molar refractivity (Wildman–Crippen MR) is 104 cm³/mol. The highest BCUT2D eigenvalue weighted by molar-refractivity contribution is 5.85. The number of fused-ring (bicyclic) bond motifs is 1. The Morgan fingerprint density at radius 1 is 1.23 bits per heavy atom. The van der Waals surface area contributed by atoms with Crippen LogP contribution in [0, 0.1) is 17.2 Å². The third kappa shape index (κ3) is 3.36. The first kappa shape index (κ1) is 18.2. The molecule has 1 aromatic carbocycles. The van der Waals surface area contributed by atoms with Gasteiger partial charge >= 0.3 is 0 Å². The summed E-state index contributed by atoms with van der Waals surface area (Å²) in [4.78, 5) is 11.6. The molecule has 3 heterocycles. The molecule has 2 aromatic heterocycles. The van der Waals surface area contributed by atoms with E-state index in [0.717, 1.165) is 42.2 Å². The Hall–Kier alpha value is -2.62. The summed E-state index contributed by atoms with van der Waals surface area (Å²) in [6.45, 7) is 3.27. The number of imidazole rings is 1. The van der Waals surface area contributed by atoms with Gasteiger partial charge in [0.25, 0.3) is 0 Å². The molecular formula is C19H21ClN6. The van der Waals surface area contributed by atoms with Gasteiger partial charge in [0.15, 0.2) is 0 Å². The maximum absolute atomic E-state index is 8.94. The van der Waals surface area contributed by atoms with Crippen molar-refractivity contribution in [3.05, 3.63) is 53.9 Å². The molecule has 4 rings (SSSR count). The minimum Gasteiger partial charge on any atom is -0.342 e. The number of pyridine rings is 1. The zero-order valence-electron chi connectivity index (χ0n) is 14.4. The Morgan fingerprint density at radius 2 is 2.08 bits per heavy atom. The Labute approximate surface area is 158 Å². The molecule has 6 nitrogen and oxygen atoms in total. The molecule has 0 amide bonds. The van der Waals surface area contributed by atoms with Gasteiger partial charge in [-0.05, 0) is 43.1 Å². The SMILES string of the molecule is Cl.N#Cc1ccc(Cn2c(N3CC[C@H](CN)C3)nc3ccccc32)nc1. The van der Waals surface area contributed by atoms with Gasteiger partial charge in [0.05, 0.1) is 28.8 Å². The van der Waals surface area contributed by atoms with Crippen molar-refractivity contribution in [3.63, 3.8) is 0 Å². The maximum Gasteiger partial charge on any atom is 0.206 e. The van der Waals surface area contributed by atoms with Crippen LogP contribution in [-0.4, -0.2) is 34.2 Å². The van der Waals surface area contributed by atoms with Crippen molar-refractivity contribution in [3.8, 4) is 6.07 Å². The molecule has 2 N–H and O–H groups in total. The minimum absolute atomic E-state index is 0. The number of hydrogen-bond acceptors (Lipinski definition) is 5. The third-order valence-electron chi connectivity index (χ3n) is 4.81. The fourth-order valence-corrected chi connectivity index (χ4v) is 3.41. The van der Waals surface area contributed by atoms with Crippen molar-refractivity contribution in [2.24, 2.45) is 11.7 Å². The number of halogens is 1. The topological polar surface area (TPSA) is 83.8 Å². The van der Waals surface area contributed by atoms with Crippen LogP contribution in [0.3, 0.4) is 0 Å². The number of benzene rings is 1. The molecule has 0 spiro atoms. The van der Waals surface area contributed by atoms with E-state index in [-0.39, 0.29) is 12.4 Å². The van der Waals surface area contributed by atoms with Gasteiger partial charge in [-0.25, -0.2) is 4.98 Å². The molecule has 0 aliphatic carbocycles. The monoisotopic (exact) mass is 368 g/mol. The lowest BCUT2D eigenvalue weighted by atomic mass is 10.1. The zero-order chi connectivity index (χ0) is 17.2. The highest BCUT2D eigenvalue weighted by atomic mass is 35.5. The number of nitrogens with zero attached hydrogens (tertiary/aromatic N) is 5. The number of nitriles is 1. The van der Waals surface area contributed by atoms with Crippen LogP contribution in [-0.2, 0) is 6.54 Å². The van der Waals surface area contributed by atoms with Crippen molar-refractivity contribution < 1.29 is 0 Å². The molecular weight excluding hydrogens is 348 g/mol. The first-order valence-electron chi connectivity index (χ1n) is 8.54. The first-order valence-corrected chi connectivity index (χ1v) is 8.54. The summed E-state index contributed by atoms with van der Waals surface area (Å²) < 4.78 is 2.21. The van der Waals surface area contributed by atoms with Crippen molar-refractivity contribution in [2.45, 2.75) is 13.0 Å². The van der Waals surface area contributed by atoms with E-state index < -0.39 is 0 Å². The molecule has 1 atom stereocenters. The Bertz CT molecular complexity index is 927. The van der Waals surface area contributed by atoms with Crippen molar-refractivity contribution in [1.82, 2.24) is 14.5 Å². The maximum atomic E-state index is 8.94. The van der Waals surface area contributed by atoms with Gasteiger partial charge in [-0.1, -0.05) is 12.1 Å². The van der Waals surface area contributed by atoms with Crippen molar-refractivity contribution in [2.75, 3.05) is 24.5 Å². The van der Waals surface area contributed by atoms with Crippen LogP contribution in [0.25, 0.3) is 11.0 Å². The highest BCUT2D eigenvalue weighted by Gasteiger charge is 2.26. The second-order valence-electron chi connectivity index (χ2n) is 6.47. The van der Waals surface area contributed by atoms with E-state index in [9.17, 15) is 0 Å². The minimum atomic E-state index is 0. The average molecular weight is 369 g/mol. The Balaban J connectivity index is 0.00000196. The summed E-state index contributed by atoms with van der Waals surface area (Å²) in [5, 5.41) is 8.94. The summed E-state index contributed by atoms with van der Waals surface area (Å²) >= 11 is 0. The van der Waals surface area contributed by atoms with E-state index in [0.29, 0.717) is 24.6 Å². The summed E-state index contributed by atoms with van der Waals surface area (Å²) in [6, 6.07) is 14.0. The molecule has 3 aromatic rings. The molecule has 1 saturated heterocycles. The Kier molecular flexibility index (Phi) is 5.40. The van der Waals surface area contributed by atoms with E-state index in [1.165, 1.54) is 0 Å². The summed E-state index contributed by atoms with van der Waals surface area (Å²) in [5.74, 6) is 1.50. The smallest absolute Gasteiger partial charge is 0.206 e. The number of nitrogens with two attached hydrogens (primary N) is 1. The standard InChI is InChI=1S/C19H20N6.ClH/c20-9-14-5-6-16(22-11-14)13-25-18-4-2-1-3-17(18)23-19(25)24-8-7-15(10-21)12-24;/h1-6,11,15H,7-8,10,12-13,21H2;1H/t15-;/m1./s1. The van der Waals surface area contributed by atoms with Crippen LogP contribution in [0.4, 0.5) is 5.95 Å². The molecule has 26 heavy (non-hydrogen) atoms. The van der Waals surface area contributed by atoms with Gasteiger partial charge < -0.3 is 15.2 Å². The normalized spacial score (nSPS) is 16.5. The van der Waals surface area contributed by atoms with E-state index >= 15 is 0 Å². The second-order valence-corrected chi connectivity index (χ2v) is 6.47. The largest absolute Gasteiger partial charge is 0.342 e. The van der Waals surface area contributed by atoms with Gasteiger partial charge in [-0.15, -0.1) is 12.4 Å². The fourth-order valence-electron chi connectivity index (χ4n) is 3.41. The molecule has 0 radical (unpaired) electrons. The van der Waals surface area contributed by atoms with Crippen LogP contribution >= 0.6 is 12.4 Å². The quantitative estimate of drug-likeness (QED) is 0.765. The molecule has 0 bridgehead atoms. The van der Waals surface area contributed by atoms with E-state index in [2.05, 4.69) is 26.6 Å². The van der Waals surface area contributed by atoms with E-state index in [1.54, 1.807) is 12.3 Å². The van der Waals surface area contributed by atoms with E-state index in [4.69, 9.17) is 16.0 Å². The van der Waals surface area contributed by atoms with Gasteiger partial charge in [0, 0.05) is 19.3 Å². The van der Waals surface area contributed by atoms with Crippen LogP contribution in [0.15, 0.2) is 42.6 Å². The van der Waals surface area contributed by atoms with E-state index in [1.807, 2.05) is 24.3 Å². The summed E-state index contributed by atoms with van der Waals surface area (Å²) in [6.07, 6.45) is 2.73. The van der Waals surface area contributed by atoms with Crippen LogP contribution < -0.4 is 10.6 Å². The molecule has 0 unspecified atom stereocenters. The molecule has 1 fully saturated rings. The number of aromatic nitrogens is 3. The van der Waals surface area contributed by atoms with Crippen LogP contribution in [0.5, 0.6) is 0 Å². The number of rotatable bonds is 4. The third-order valence-corrected chi connectivity index (χ3v) is 4.81. The zero-order valence-corrected chi connectivity index (χ0v) is 15.2. The predicted octanol–water partition coefficient (Wildman–Crippen LogP) is 2.56. The van der Waals surface area contributed by atoms with Crippen LogP contribution in [0.1, 0.15) is 17.7 Å². The molecule has 0 saturated carbocycles. The highest BCUT2D eigenvalue weighted by Crippen LogP contribution is 2.27. The Morgan fingerprint density at radius 3 is 2.77 bits per heavy atom. The number of anilines is 1. The molecule has 7 heteroatoms. The number of hydrogen-bond donors (Lipinski definition) is 1. The van der Waals surface area contributed by atoms with Crippen molar-refractivity contribution in [1.29, 1.82) is 5.26 Å². The van der Waals surface area contributed by atoms with Crippen LogP contribution in [0.2, 0.25) is 0 Å². The van der Waals surface area contributed by atoms with Gasteiger partial charge in [-0.3, -0.25) is 4.98 Å². The summed E-state index contributed by atoms with van der Waals surface area (Å²) in [5.41, 5.74) is 9.42. The van der Waals surface area contributed by atoms with Gasteiger partial charge in [0.2, 0.25) is 5.95 Å². The second kappa shape index (κ2) is 7.73. The van der Waals surface area contributed by atoms with Crippen molar-refractivity contribution >= 4 is 29.4 Å². The molecule has 134 valence electrons. The fraction of sp³-hybridized carbons (Fsp3) is 0.316. The van der Waals surface area contributed by atoms with Gasteiger partial charge in [-0.2, -0.15) is 5.26 Å². The lowest BCUT2D eigenvalue weighted by Crippen LogP contribution is -2.25. The van der Waals surface area contributed by atoms with Gasteiger partial charge in [0.1, 0.15) is 6.07 Å². The first-order chi connectivity index (χ1) is 12.3. The average Bonchev–Trinajstić information content (AvgIpc) is 3.27.